The molecule has 0 aromatic carbocycles. The number of rotatable bonds is 3. The number of piperidine rings is 1. The van der Waals surface area contributed by atoms with Crippen LogP contribution in [-0.4, -0.2) is 75.9 Å². The minimum absolute atomic E-state index is 0. The summed E-state index contributed by atoms with van der Waals surface area (Å²) in [6, 6.07) is 0.167. The maximum atomic E-state index is 11.1. The van der Waals surface area contributed by atoms with Crippen LogP contribution in [-0.2, 0) is 4.79 Å². The van der Waals surface area contributed by atoms with Crippen molar-refractivity contribution in [3.63, 3.8) is 0 Å². The molecule has 0 amide bonds. The molecule has 2 fully saturated rings. The normalized spacial score (nSPS) is 24.1. The van der Waals surface area contributed by atoms with Crippen molar-refractivity contribution in [2.24, 2.45) is 0 Å². The number of anilines is 1. The van der Waals surface area contributed by atoms with Crippen LogP contribution in [0.1, 0.15) is 25.1 Å². The van der Waals surface area contributed by atoms with Crippen molar-refractivity contribution in [1.82, 2.24) is 14.3 Å². The molecule has 0 saturated carbocycles. The second-order valence-electron chi connectivity index (χ2n) is 5.22. The number of hydrogen-bond acceptors (Lipinski definition) is 6. The fourth-order valence-corrected chi connectivity index (χ4v) is 3.64. The zero-order chi connectivity index (χ0) is 13.4. The molecule has 6 nitrogen and oxygen atoms in total. The van der Waals surface area contributed by atoms with E-state index in [1.54, 1.807) is 0 Å². The first-order valence-electron chi connectivity index (χ1n) is 6.69. The van der Waals surface area contributed by atoms with E-state index in [1.165, 1.54) is 11.5 Å². The molecule has 1 atom stereocenters. The van der Waals surface area contributed by atoms with Crippen molar-refractivity contribution >= 4 is 41.5 Å². The van der Waals surface area contributed by atoms with Crippen LogP contribution < -0.4 is 4.90 Å². The Balaban J connectivity index is 0.00000147. The van der Waals surface area contributed by atoms with Gasteiger partial charge in [0.15, 0.2) is 0 Å². The van der Waals surface area contributed by atoms with Crippen LogP contribution in [0.3, 0.4) is 0 Å². The van der Waals surface area contributed by atoms with Gasteiger partial charge < -0.3 is 10.0 Å². The average Bonchev–Trinajstić information content (AvgIpc) is 2.75. The molecule has 0 aliphatic carbocycles. The third kappa shape index (κ3) is 3.01. The van der Waals surface area contributed by atoms with Crippen molar-refractivity contribution in [2.75, 3.05) is 24.5 Å². The molecule has 2 saturated heterocycles. The summed E-state index contributed by atoms with van der Waals surface area (Å²) < 4.78 is 4.21. The summed E-state index contributed by atoms with van der Waals surface area (Å²) >= 11 is 1.45. The molecule has 3 heterocycles. The van der Waals surface area contributed by atoms with Gasteiger partial charge in [0.2, 0.25) is 5.13 Å². The Morgan fingerprint density at radius 1 is 1.30 bits per heavy atom. The molecule has 106 valence electrons. The molecule has 1 aromatic rings. The molecule has 0 radical (unpaired) electrons. The number of carbonyl (C=O) groups is 1. The number of likely N-dealkylation sites (tertiary alicyclic amines) is 1. The van der Waals surface area contributed by atoms with Crippen molar-refractivity contribution in [2.45, 2.75) is 38.3 Å². The van der Waals surface area contributed by atoms with E-state index in [4.69, 9.17) is 5.11 Å². The summed E-state index contributed by atoms with van der Waals surface area (Å²) in [6.45, 7) is 4.73. The SMILES string of the molecule is Cc1nsc(N2CCC(N3CCC3C(=O)O)CC2)n1.[LiH]. The average molecular weight is 290 g/mol. The zero-order valence-corrected chi connectivity index (χ0v) is 11.8. The van der Waals surface area contributed by atoms with Crippen LogP contribution in [0.15, 0.2) is 0 Å². The van der Waals surface area contributed by atoms with E-state index >= 15 is 0 Å². The van der Waals surface area contributed by atoms with Gasteiger partial charge in [-0.25, -0.2) is 4.98 Å². The second kappa shape index (κ2) is 6.44. The van der Waals surface area contributed by atoms with E-state index in [-0.39, 0.29) is 24.9 Å². The number of nitrogens with zero attached hydrogens (tertiary/aromatic N) is 4. The van der Waals surface area contributed by atoms with Crippen LogP contribution in [0.4, 0.5) is 5.13 Å². The van der Waals surface area contributed by atoms with E-state index in [0.717, 1.165) is 49.9 Å². The molecular formula is C12H19LiN4O2S. The van der Waals surface area contributed by atoms with Crippen molar-refractivity contribution in [1.29, 1.82) is 0 Å². The van der Waals surface area contributed by atoms with Gasteiger partial charge in [-0.15, -0.1) is 0 Å². The molecule has 2 aliphatic heterocycles. The molecule has 20 heavy (non-hydrogen) atoms. The number of hydrogen-bond donors (Lipinski definition) is 1. The molecule has 3 rings (SSSR count). The molecular weight excluding hydrogens is 271 g/mol. The fraction of sp³-hybridized carbons (Fsp3) is 0.750. The molecule has 1 aromatic heterocycles. The van der Waals surface area contributed by atoms with Crippen molar-refractivity contribution < 1.29 is 9.90 Å². The van der Waals surface area contributed by atoms with Gasteiger partial charge in [0, 0.05) is 37.2 Å². The maximum absolute atomic E-state index is 11.1. The van der Waals surface area contributed by atoms with Gasteiger partial charge in [-0.1, -0.05) is 0 Å². The van der Waals surface area contributed by atoms with Gasteiger partial charge in [0.1, 0.15) is 11.9 Å². The monoisotopic (exact) mass is 290 g/mol. The summed E-state index contributed by atoms with van der Waals surface area (Å²) in [7, 11) is 0. The summed E-state index contributed by atoms with van der Waals surface area (Å²) in [6.07, 6.45) is 2.83. The molecule has 1 N–H and O–H groups in total. The quantitative estimate of drug-likeness (QED) is 0.809. The zero-order valence-electron chi connectivity index (χ0n) is 10.9. The molecule has 0 bridgehead atoms. The summed E-state index contributed by atoms with van der Waals surface area (Å²) in [5.41, 5.74) is 0. The van der Waals surface area contributed by atoms with E-state index in [0.29, 0.717) is 6.04 Å². The van der Waals surface area contributed by atoms with Gasteiger partial charge >= 0.3 is 24.8 Å². The fourth-order valence-electron chi connectivity index (χ4n) is 2.91. The van der Waals surface area contributed by atoms with E-state index in [9.17, 15) is 4.79 Å². The standard InChI is InChI=1S/C12H18N4O2S.Li.H/c1-8-13-12(19-14-8)15-5-2-9(3-6-15)16-7-4-10(16)11(17)18;;/h9-10H,2-7H2,1H3,(H,17,18);;. The minimum atomic E-state index is -0.673. The van der Waals surface area contributed by atoms with Crippen molar-refractivity contribution in [3.05, 3.63) is 5.82 Å². The number of aliphatic carboxylic acids is 1. The van der Waals surface area contributed by atoms with E-state index in [1.807, 2.05) is 6.92 Å². The van der Waals surface area contributed by atoms with Crippen LogP contribution in [0, 0.1) is 6.92 Å². The summed E-state index contributed by atoms with van der Waals surface area (Å²) in [5.74, 6) is 0.157. The molecule has 1 unspecified atom stereocenters. The molecule has 2 aliphatic rings. The van der Waals surface area contributed by atoms with Crippen LogP contribution in [0.25, 0.3) is 0 Å². The Hall–Kier alpha value is -0.613. The van der Waals surface area contributed by atoms with E-state index < -0.39 is 5.97 Å². The van der Waals surface area contributed by atoms with Crippen LogP contribution in [0.5, 0.6) is 0 Å². The number of aryl methyl sites for hydroxylation is 1. The van der Waals surface area contributed by atoms with Crippen LogP contribution in [0.2, 0.25) is 0 Å². The first kappa shape index (κ1) is 15.8. The van der Waals surface area contributed by atoms with Crippen LogP contribution >= 0.6 is 11.5 Å². The second-order valence-corrected chi connectivity index (χ2v) is 5.95. The Kier molecular flexibility index (Phi) is 5.08. The first-order chi connectivity index (χ1) is 9.15. The third-order valence-electron chi connectivity index (χ3n) is 4.07. The van der Waals surface area contributed by atoms with Gasteiger partial charge in [0.05, 0.1) is 0 Å². The number of carboxylic acid groups (broad SMARTS) is 1. The predicted octanol–water partition coefficient (Wildman–Crippen LogP) is 0.326. The molecule has 8 heteroatoms. The third-order valence-corrected chi connectivity index (χ3v) is 4.94. The Bertz CT molecular complexity index is 476. The van der Waals surface area contributed by atoms with Crippen molar-refractivity contribution in [3.8, 4) is 0 Å². The Morgan fingerprint density at radius 2 is 2.00 bits per heavy atom. The Morgan fingerprint density at radius 3 is 2.45 bits per heavy atom. The molecule has 0 spiro atoms. The first-order valence-corrected chi connectivity index (χ1v) is 7.46. The van der Waals surface area contributed by atoms with Gasteiger partial charge in [-0.3, -0.25) is 9.69 Å². The predicted molar refractivity (Wildman–Crippen MR) is 79.8 cm³/mol. The van der Waals surface area contributed by atoms with Gasteiger partial charge in [-0.05, 0) is 26.2 Å². The Labute approximate surface area is 134 Å². The van der Waals surface area contributed by atoms with E-state index in [2.05, 4.69) is 19.2 Å². The summed E-state index contributed by atoms with van der Waals surface area (Å²) in [5, 5.41) is 10.1. The van der Waals surface area contributed by atoms with Gasteiger partial charge in [0.25, 0.3) is 0 Å². The summed E-state index contributed by atoms with van der Waals surface area (Å²) in [4.78, 5) is 19.9. The topological polar surface area (TPSA) is 69.6 Å². The van der Waals surface area contributed by atoms with Gasteiger partial charge in [-0.2, -0.15) is 4.37 Å². The number of carboxylic acids is 1. The number of aromatic nitrogens is 2.